The lowest BCUT2D eigenvalue weighted by atomic mass is 9.97. The first-order valence-corrected chi connectivity index (χ1v) is 10.4. The summed E-state index contributed by atoms with van der Waals surface area (Å²) in [5, 5.41) is 1.78. The van der Waals surface area contributed by atoms with E-state index in [2.05, 4.69) is 4.98 Å². The van der Waals surface area contributed by atoms with Crippen LogP contribution in [0, 0.1) is 5.92 Å². The molecule has 0 radical (unpaired) electrons. The summed E-state index contributed by atoms with van der Waals surface area (Å²) in [6, 6.07) is 5.32. The third-order valence-electron chi connectivity index (χ3n) is 4.52. The molecule has 1 aromatic carbocycles. The lowest BCUT2D eigenvalue weighted by Crippen LogP contribution is -2.41. The van der Waals surface area contributed by atoms with Crippen molar-refractivity contribution in [2.24, 2.45) is 5.92 Å². The van der Waals surface area contributed by atoms with Crippen molar-refractivity contribution in [3.8, 4) is 10.6 Å². The van der Waals surface area contributed by atoms with Gasteiger partial charge in [-0.15, -0.1) is 11.3 Å². The van der Waals surface area contributed by atoms with Gasteiger partial charge in [0.25, 0.3) is 0 Å². The van der Waals surface area contributed by atoms with Crippen molar-refractivity contribution < 1.29 is 14.3 Å². The van der Waals surface area contributed by atoms with Gasteiger partial charge >= 0.3 is 5.97 Å². The molecular formula is C19H20Cl2N2O3S. The summed E-state index contributed by atoms with van der Waals surface area (Å²) in [7, 11) is 0. The molecule has 0 spiro atoms. The molecule has 0 aliphatic carbocycles. The number of carbonyl (C=O) groups excluding carboxylic acids is 2. The normalized spacial score (nSPS) is 15.0. The molecule has 2 aromatic rings. The number of benzene rings is 1. The van der Waals surface area contributed by atoms with E-state index in [0.29, 0.717) is 53.2 Å². The Morgan fingerprint density at radius 1 is 1.26 bits per heavy atom. The molecule has 0 unspecified atom stereocenters. The summed E-state index contributed by atoms with van der Waals surface area (Å²) in [6.07, 6.45) is 3.27. The van der Waals surface area contributed by atoms with E-state index in [0.717, 1.165) is 4.88 Å². The number of aromatic nitrogens is 1. The van der Waals surface area contributed by atoms with Crippen LogP contribution in [0.4, 0.5) is 0 Å². The number of ether oxygens (including phenoxy) is 1. The maximum atomic E-state index is 12.6. The number of thiazole rings is 1. The zero-order valence-electron chi connectivity index (χ0n) is 14.9. The molecule has 8 heteroatoms. The Labute approximate surface area is 172 Å². The van der Waals surface area contributed by atoms with E-state index in [9.17, 15) is 9.59 Å². The highest BCUT2D eigenvalue weighted by atomic mass is 35.5. The smallest absolute Gasteiger partial charge is 0.309 e. The number of hydrogen-bond acceptors (Lipinski definition) is 5. The average Bonchev–Trinajstić information content (AvgIpc) is 3.10. The Kier molecular flexibility index (Phi) is 6.73. The summed E-state index contributed by atoms with van der Waals surface area (Å²) in [4.78, 5) is 31.4. The fourth-order valence-electron chi connectivity index (χ4n) is 3.09. The summed E-state index contributed by atoms with van der Waals surface area (Å²) in [5.41, 5.74) is 0.694. The van der Waals surface area contributed by atoms with Crippen molar-refractivity contribution in [1.82, 2.24) is 9.88 Å². The van der Waals surface area contributed by atoms with Gasteiger partial charge in [0.1, 0.15) is 5.01 Å². The fourth-order valence-corrected chi connectivity index (χ4v) is 4.76. The number of rotatable bonds is 5. The standard InChI is InChI=1S/C19H20Cl2N2O3S/c1-2-26-19(25)12-6-8-23(9-7-12)16(24)10-13-11-22-18(27-13)17-14(20)4-3-5-15(17)21/h3-5,11-12H,2,6-10H2,1H3. The number of hydrogen-bond donors (Lipinski definition) is 0. The van der Waals surface area contributed by atoms with Gasteiger partial charge in [-0.2, -0.15) is 0 Å². The molecule has 1 aliphatic heterocycles. The fraction of sp³-hybridized carbons (Fsp3) is 0.421. The highest BCUT2D eigenvalue weighted by molar-refractivity contribution is 7.15. The van der Waals surface area contributed by atoms with Crippen LogP contribution in [-0.2, 0) is 20.7 Å². The Balaban J connectivity index is 1.60. The first kappa shape index (κ1) is 20.1. The maximum Gasteiger partial charge on any atom is 0.309 e. The van der Waals surface area contributed by atoms with E-state index in [4.69, 9.17) is 27.9 Å². The lowest BCUT2D eigenvalue weighted by Gasteiger charge is -2.30. The van der Waals surface area contributed by atoms with Gasteiger partial charge in [0.05, 0.1) is 29.0 Å². The van der Waals surface area contributed by atoms with E-state index < -0.39 is 0 Å². The van der Waals surface area contributed by atoms with Gasteiger partial charge in [-0.1, -0.05) is 29.3 Å². The van der Waals surface area contributed by atoms with Crippen LogP contribution in [0.1, 0.15) is 24.6 Å². The zero-order valence-corrected chi connectivity index (χ0v) is 17.2. The van der Waals surface area contributed by atoms with Gasteiger partial charge in [0, 0.05) is 29.7 Å². The number of amides is 1. The molecule has 1 amide bonds. The molecule has 0 bridgehead atoms. The summed E-state index contributed by atoms with van der Waals surface area (Å²) < 4.78 is 5.07. The van der Waals surface area contributed by atoms with Crippen LogP contribution in [0.15, 0.2) is 24.4 Å². The third kappa shape index (κ3) is 4.81. The first-order valence-electron chi connectivity index (χ1n) is 8.83. The van der Waals surface area contributed by atoms with Crippen molar-refractivity contribution in [2.75, 3.05) is 19.7 Å². The number of likely N-dealkylation sites (tertiary alicyclic amines) is 1. The van der Waals surface area contributed by atoms with Crippen molar-refractivity contribution in [1.29, 1.82) is 0 Å². The van der Waals surface area contributed by atoms with E-state index in [1.807, 2.05) is 0 Å². The van der Waals surface area contributed by atoms with Crippen LogP contribution in [0.2, 0.25) is 10.0 Å². The first-order chi connectivity index (χ1) is 13.0. The van der Waals surface area contributed by atoms with Crippen LogP contribution >= 0.6 is 34.5 Å². The summed E-state index contributed by atoms with van der Waals surface area (Å²) >= 11 is 13.9. The minimum absolute atomic E-state index is 0.0396. The number of piperidine rings is 1. The Bertz CT molecular complexity index is 812. The molecule has 27 heavy (non-hydrogen) atoms. The van der Waals surface area contributed by atoms with Crippen LogP contribution in [0.3, 0.4) is 0 Å². The molecule has 3 rings (SSSR count). The molecule has 1 aliphatic rings. The SMILES string of the molecule is CCOC(=O)C1CCN(C(=O)Cc2cnc(-c3c(Cl)cccc3Cl)s2)CC1. The second kappa shape index (κ2) is 9.04. The summed E-state index contributed by atoms with van der Waals surface area (Å²) in [6.45, 7) is 3.34. The quantitative estimate of drug-likeness (QED) is 0.661. The predicted octanol–water partition coefficient (Wildman–Crippen LogP) is 4.46. The van der Waals surface area contributed by atoms with Gasteiger partial charge in [-0.3, -0.25) is 9.59 Å². The van der Waals surface area contributed by atoms with E-state index in [-0.39, 0.29) is 24.2 Å². The number of esters is 1. The number of nitrogens with zero attached hydrogens (tertiary/aromatic N) is 2. The van der Waals surface area contributed by atoms with Crippen molar-refractivity contribution in [3.63, 3.8) is 0 Å². The van der Waals surface area contributed by atoms with Gasteiger partial charge in [0.2, 0.25) is 5.91 Å². The van der Waals surface area contributed by atoms with Crippen molar-refractivity contribution in [3.05, 3.63) is 39.3 Å². The third-order valence-corrected chi connectivity index (χ3v) is 6.17. The predicted molar refractivity (Wildman–Crippen MR) is 107 cm³/mol. The minimum Gasteiger partial charge on any atom is -0.466 e. The monoisotopic (exact) mass is 426 g/mol. The second-order valence-electron chi connectivity index (χ2n) is 6.31. The van der Waals surface area contributed by atoms with Gasteiger partial charge in [-0.05, 0) is 31.9 Å². The maximum absolute atomic E-state index is 12.6. The van der Waals surface area contributed by atoms with Crippen molar-refractivity contribution >= 4 is 46.4 Å². The van der Waals surface area contributed by atoms with Gasteiger partial charge < -0.3 is 9.64 Å². The number of carbonyl (C=O) groups is 2. The van der Waals surface area contributed by atoms with E-state index in [1.54, 1.807) is 36.2 Å². The molecule has 0 atom stereocenters. The zero-order chi connectivity index (χ0) is 19.4. The largest absolute Gasteiger partial charge is 0.466 e. The van der Waals surface area contributed by atoms with Gasteiger partial charge in [0.15, 0.2) is 0 Å². The van der Waals surface area contributed by atoms with Crippen LogP contribution < -0.4 is 0 Å². The lowest BCUT2D eigenvalue weighted by molar-refractivity contribution is -0.151. The molecule has 0 N–H and O–H groups in total. The molecule has 0 saturated carbocycles. The highest BCUT2D eigenvalue weighted by Gasteiger charge is 2.28. The number of halogens is 2. The summed E-state index contributed by atoms with van der Waals surface area (Å²) in [5.74, 6) is -0.225. The molecule has 144 valence electrons. The van der Waals surface area contributed by atoms with Crippen LogP contribution in [0.5, 0.6) is 0 Å². The Morgan fingerprint density at radius 3 is 2.56 bits per heavy atom. The minimum atomic E-state index is -0.159. The van der Waals surface area contributed by atoms with Gasteiger partial charge in [-0.25, -0.2) is 4.98 Å². The topological polar surface area (TPSA) is 59.5 Å². The molecule has 1 fully saturated rings. The highest BCUT2D eigenvalue weighted by Crippen LogP contribution is 2.37. The second-order valence-corrected chi connectivity index (χ2v) is 8.24. The molecular weight excluding hydrogens is 407 g/mol. The molecule has 2 heterocycles. The van der Waals surface area contributed by atoms with Crippen LogP contribution in [-0.4, -0.2) is 41.5 Å². The molecule has 1 aromatic heterocycles. The Morgan fingerprint density at radius 2 is 1.93 bits per heavy atom. The molecule has 5 nitrogen and oxygen atoms in total. The average molecular weight is 427 g/mol. The van der Waals surface area contributed by atoms with Crippen LogP contribution in [0.25, 0.3) is 10.6 Å². The van der Waals surface area contributed by atoms with E-state index >= 15 is 0 Å². The van der Waals surface area contributed by atoms with Crippen molar-refractivity contribution in [2.45, 2.75) is 26.2 Å². The Hall–Kier alpha value is -1.63. The van der Waals surface area contributed by atoms with E-state index in [1.165, 1.54) is 11.3 Å². The molecule has 1 saturated heterocycles.